The number of rotatable bonds is 7. The van der Waals surface area contributed by atoms with Crippen molar-refractivity contribution < 1.29 is 22.8 Å². The van der Waals surface area contributed by atoms with Gasteiger partial charge in [0.25, 0.3) is 0 Å². The highest BCUT2D eigenvalue weighted by molar-refractivity contribution is 5.92. The summed E-state index contributed by atoms with van der Waals surface area (Å²) in [6.45, 7) is 1.93. The lowest BCUT2D eigenvalue weighted by atomic mass is 10.1. The number of halogens is 3. The van der Waals surface area contributed by atoms with Gasteiger partial charge in [0.2, 0.25) is 11.8 Å². The first-order valence-corrected chi connectivity index (χ1v) is 8.76. The van der Waals surface area contributed by atoms with Crippen LogP contribution in [0.4, 0.5) is 18.9 Å². The molecule has 0 saturated carbocycles. The summed E-state index contributed by atoms with van der Waals surface area (Å²) in [5.41, 5.74) is 0.601. The molecule has 2 rings (SSSR count). The number of nitrogens with zero attached hydrogens (tertiary/aromatic N) is 3. The van der Waals surface area contributed by atoms with Gasteiger partial charge in [-0.05, 0) is 48.4 Å². The van der Waals surface area contributed by atoms with E-state index in [-0.39, 0.29) is 24.8 Å². The molecular formula is C20H22F3N3O2. The monoisotopic (exact) mass is 393 g/mol. The number of benzene rings is 1. The lowest BCUT2D eigenvalue weighted by Crippen LogP contribution is -2.35. The summed E-state index contributed by atoms with van der Waals surface area (Å²) in [6, 6.07) is 8.08. The van der Waals surface area contributed by atoms with Gasteiger partial charge in [0.15, 0.2) is 0 Å². The van der Waals surface area contributed by atoms with E-state index in [4.69, 9.17) is 0 Å². The Morgan fingerprint density at radius 1 is 1.00 bits per heavy atom. The van der Waals surface area contributed by atoms with Crippen molar-refractivity contribution in [1.82, 2.24) is 9.88 Å². The molecule has 0 unspecified atom stereocenters. The molecule has 2 amide bonds. The maximum absolute atomic E-state index is 12.7. The number of likely N-dealkylation sites (N-methyl/N-ethyl adjacent to an activating group) is 1. The predicted octanol–water partition coefficient (Wildman–Crippen LogP) is 3.54. The molecule has 0 aliphatic carbocycles. The molecule has 1 aromatic heterocycles. The fourth-order valence-electron chi connectivity index (χ4n) is 2.67. The Morgan fingerprint density at radius 3 is 2.14 bits per heavy atom. The van der Waals surface area contributed by atoms with Crippen LogP contribution in [-0.2, 0) is 22.2 Å². The highest BCUT2D eigenvalue weighted by Crippen LogP contribution is 2.30. The minimum atomic E-state index is -4.44. The van der Waals surface area contributed by atoms with Crippen LogP contribution in [0.1, 0.15) is 24.5 Å². The molecule has 1 aromatic carbocycles. The van der Waals surface area contributed by atoms with Gasteiger partial charge in [-0.3, -0.25) is 14.6 Å². The van der Waals surface area contributed by atoms with Crippen molar-refractivity contribution in [3.8, 4) is 0 Å². The second-order valence-electron chi connectivity index (χ2n) is 6.39. The standard InChI is InChI=1S/C20H22F3N3O2/c1-15(27)26(18-5-3-17(4-6-18)20(21,22)23)14-10-19(28)25(2)13-9-16-7-11-24-12-8-16/h3-8,11-12H,9-10,13-14H2,1-2H3. The number of hydrogen-bond donors (Lipinski definition) is 0. The highest BCUT2D eigenvalue weighted by Gasteiger charge is 2.30. The number of aromatic nitrogens is 1. The molecule has 0 atom stereocenters. The topological polar surface area (TPSA) is 53.5 Å². The Bertz CT molecular complexity index is 793. The zero-order valence-electron chi connectivity index (χ0n) is 15.7. The Morgan fingerprint density at radius 2 is 1.61 bits per heavy atom. The van der Waals surface area contributed by atoms with E-state index in [0.29, 0.717) is 18.7 Å². The summed E-state index contributed by atoms with van der Waals surface area (Å²) in [7, 11) is 1.68. The van der Waals surface area contributed by atoms with Crippen LogP contribution in [0.25, 0.3) is 0 Å². The van der Waals surface area contributed by atoms with E-state index in [2.05, 4.69) is 4.98 Å². The second kappa shape index (κ2) is 9.34. The summed E-state index contributed by atoms with van der Waals surface area (Å²) in [4.78, 5) is 31.0. The smallest absolute Gasteiger partial charge is 0.345 e. The molecule has 0 fully saturated rings. The van der Waals surface area contributed by atoms with Crippen LogP contribution in [0.15, 0.2) is 48.8 Å². The van der Waals surface area contributed by atoms with Crippen molar-refractivity contribution in [2.75, 3.05) is 25.0 Å². The van der Waals surface area contributed by atoms with E-state index >= 15 is 0 Å². The highest BCUT2D eigenvalue weighted by atomic mass is 19.4. The van der Waals surface area contributed by atoms with Gasteiger partial charge in [-0.1, -0.05) is 0 Å². The zero-order chi connectivity index (χ0) is 20.7. The van der Waals surface area contributed by atoms with E-state index in [1.165, 1.54) is 24.0 Å². The maximum atomic E-state index is 12.7. The number of alkyl halides is 3. The number of anilines is 1. The largest absolute Gasteiger partial charge is 0.416 e. The van der Waals surface area contributed by atoms with E-state index < -0.39 is 11.7 Å². The Balaban J connectivity index is 1.93. The molecule has 0 aliphatic rings. The number of carbonyl (C=O) groups excluding carboxylic acids is 2. The third-order valence-corrected chi connectivity index (χ3v) is 4.35. The first-order valence-electron chi connectivity index (χ1n) is 8.76. The fraction of sp³-hybridized carbons (Fsp3) is 0.350. The van der Waals surface area contributed by atoms with Crippen LogP contribution in [0.5, 0.6) is 0 Å². The molecule has 0 spiro atoms. The quantitative estimate of drug-likeness (QED) is 0.723. The Kier molecular flexibility index (Phi) is 7.14. The number of pyridine rings is 1. The lowest BCUT2D eigenvalue weighted by Gasteiger charge is -2.23. The summed E-state index contributed by atoms with van der Waals surface area (Å²) in [5, 5.41) is 0. The maximum Gasteiger partial charge on any atom is 0.416 e. The molecule has 5 nitrogen and oxygen atoms in total. The van der Waals surface area contributed by atoms with Gasteiger partial charge in [0.1, 0.15) is 0 Å². The molecule has 0 bridgehead atoms. The van der Waals surface area contributed by atoms with Crippen molar-refractivity contribution in [2.45, 2.75) is 25.9 Å². The van der Waals surface area contributed by atoms with Gasteiger partial charge in [-0.25, -0.2) is 0 Å². The lowest BCUT2D eigenvalue weighted by molar-refractivity contribution is -0.137. The van der Waals surface area contributed by atoms with Gasteiger partial charge >= 0.3 is 6.18 Å². The molecule has 0 radical (unpaired) electrons. The van der Waals surface area contributed by atoms with Gasteiger partial charge < -0.3 is 9.80 Å². The van der Waals surface area contributed by atoms with Crippen molar-refractivity contribution in [3.63, 3.8) is 0 Å². The molecule has 2 aromatic rings. The molecule has 0 saturated heterocycles. The third kappa shape index (κ3) is 6.07. The van der Waals surface area contributed by atoms with Crippen LogP contribution in [0, 0.1) is 0 Å². The predicted molar refractivity (Wildman–Crippen MR) is 99.7 cm³/mol. The average Bonchev–Trinajstić information content (AvgIpc) is 2.66. The average molecular weight is 393 g/mol. The van der Waals surface area contributed by atoms with Crippen LogP contribution in [0.2, 0.25) is 0 Å². The summed E-state index contributed by atoms with van der Waals surface area (Å²) in [5.74, 6) is -0.487. The zero-order valence-corrected chi connectivity index (χ0v) is 15.7. The first-order chi connectivity index (χ1) is 13.2. The minimum Gasteiger partial charge on any atom is -0.345 e. The minimum absolute atomic E-state index is 0.0768. The first kappa shape index (κ1) is 21.4. The molecular weight excluding hydrogens is 371 g/mol. The van der Waals surface area contributed by atoms with Gasteiger partial charge in [0, 0.05) is 51.6 Å². The van der Waals surface area contributed by atoms with Crippen LogP contribution in [0.3, 0.4) is 0 Å². The van der Waals surface area contributed by atoms with Crippen LogP contribution < -0.4 is 4.90 Å². The van der Waals surface area contributed by atoms with E-state index in [0.717, 1.165) is 17.7 Å². The summed E-state index contributed by atoms with van der Waals surface area (Å²) < 4.78 is 38.0. The van der Waals surface area contributed by atoms with E-state index in [1.807, 2.05) is 12.1 Å². The number of hydrogen-bond acceptors (Lipinski definition) is 3. The summed E-state index contributed by atoms with van der Waals surface area (Å²) in [6.07, 6.45) is -0.307. The van der Waals surface area contributed by atoms with Gasteiger partial charge in [0.05, 0.1) is 5.56 Å². The van der Waals surface area contributed by atoms with E-state index in [1.54, 1.807) is 24.3 Å². The van der Waals surface area contributed by atoms with Crippen molar-refractivity contribution >= 4 is 17.5 Å². The van der Waals surface area contributed by atoms with Crippen LogP contribution >= 0.6 is 0 Å². The number of amides is 2. The van der Waals surface area contributed by atoms with Crippen molar-refractivity contribution in [2.24, 2.45) is 0 Å². The fourth-order valence-corrected chi connectivity index (χ4v) is 2.67. The molecule has 0 aliphatic heterocycles. The normalized spacial score (nSPS) is 11.2. The van der Waals surface area contributed by atoms with E-state index in [9.17, 15) is 22.8 Å². The summed E-state index contributed by atoms with van der Waals surface area (Å²) >= 11 is 0. The van der Waals surface area contributed by atoms with Crippen LogP contribution in [-0.4, -0.2) is 41.8 Å². The molecule has 0 N–H and O–H groups in total. The third-order valence-electron chi connectivity index (χ3n) is 4.35. The molecule has 150 valence electrons. The Hall–Kier alpha value is -2.90. The number of carbonyl (C=O) groups is 2. The molecule has 8 heteroatoms. The molecule has 28 heavy (non-hydrogen) atoms. The SMILES string of the molecule is CC(=O)N(CCC(=O)N(C)CCc1ccncc1)c1ccc(C(F)(F)F)cc1. The van der Waals surface area contributed by atoms with Gasteiger partial charge in [-0.2, -0.15) is 13.2 Å². The molecule has 1 heterocycles. The Labute approximate surface area is 161 Å². The van der Waals surface area contributed by atoms with Crippen molar-refractivity contribution in [3.05, 3.63) is 59.9 Å². The van der Waals surface area contributed by atoms with Gasteiger partial charge in [-0.15, -0.1) is 0 Å². The van der Waals surface area contributed by atoms with Crippen molar-refractivity contribution in [1.29, 1.82) is 0 Å². The second-order valence-corrected chi connectivity index (χ2v) is 6.39.